The average molecular weight is 475 g/mol. The first-order valence-corrected chi connectivity index (χ1v) is 11.7. The molecule has 3 N–H and O–H groups in total. The topological polar surface area (TPSA) is 122 Å². The maximum Gasteiger partial charge on any atom is 0.339 e. The van der Waals surface area contributed by atoms with Gasteiger partial charge < -0.3 is 24.6 Å². The SMILES string of the molecule is Cc1c(OCC(=O)NC(Cc2c[nH]c3ccccc23)C(=O)O)ccc2c3c(c(=O)oc12)CCCC3. The van der Waals surface area contributed by atoms with E-state index in [4.69, 9.17) is 9.15 Å². The first-order chi connectivity index (χ1) is 16.9. The number of H-pyrrole nitrogens is 1. The molecule has 4 aromatic rings. The van der Waals surface area contributed by atoms with Gasteiger partial charge in [0.1, 0.15) is 17.4 Å². The number of nitrogens with one attached hydrogen (secondary N) is 2. The first kappa shape index (κ1) is 22.7. The molecular formula is C27H26N2O6. The van der Waals surface area contributed by atoms with Gasteiger partial charge in [-0.15, -0.1) is 0 Å². The van der Waals surface area contributed by atoms with Crippen molar-refractivity contribution < 1.29 is 23.8 Å². The smallest absolute Gasteiger partial charge is 0.339 e. The van der Waals surface area contributed by atoms with Crippen molar-refractivity contribution in [3.05, 3.63) is 75.3 Å². The summed E-state index contributed by atoms with van der Waals surface area (Å²) in [6, 6.07) is 10.1. The van der Waals surface area contributed by atoms with Crippen molar-refractivity contribution in [1.29, 1.82) is 0 Å². The Morgan fingerprint density at radius 2 is 1.89 bits per heavy atom. The van der Waals surface area contributed by atoms with Crippen LogP contribution in [0.15, 0.2) is 51.8 Å². The van der Waals surface area contributed by atoms with Crippen molar-refractivity contribution in [2.45, 2.75) is 45.1 Å². The van der Waals surface area contributed by atoms with Gasteiger partial charge in [-0.25, -0.2) is 9.59 Å². The lowest BCUT2D eigenvalue weighted by Gasteiger charge is -2.18. The number of carboxylic acids is 1. The highest BCUT2D eigenvalue weighted by atomic mass is 16.5. The second kappa shape index (κ2) is 9.29. The van der Waals surface area contributed by atoms with Crippen LogP contribution in [0, 0.1) is 6.92 Å². The van der Waals surface area contributed by atoms with E-state index in [1.807, 2.05) is 30.3 Å². The summed E-state index contributed by atoms with van der Waals surface area (Å²) in [6.07, 6.45) is 5.48. The van der Waals surface area contributed by atoms with Crippen LogP contribution < -0.4 is 15.7 Å². The zero-order valence-corrected chi connectivity index (χ0v) is 19.3. The molecule has 0 aliphatic heterocycles. The molecule has 1 atom stereocenters. The number of rotatable bonds is 7. The van der Waals surface area contributed by atoms with Crippen LogP contribution in [-0.2, 0) is 28.9 Å². The highest BCUT2D eigenvalue weighted by Gasteiger charge is 2.23. The Labute approximate surface area is 200 Å². The summed E-state index contributed by atoms with van der Waals surface area (Å²) >= 11 is 0. The maximum atomic E-state index is 12.6. The number of hydrogen-bond acceptors (Lipinski definition) is 5. The molecule has 0 radical (unpaired) electrons. The van der Waals surface area contributed by atoms with E-state index in [1.54, 1.807) is 19.2 Å². The molecule has 1 amide bonds. The van der Waals surface area contributed by atoms with Crippen molar-refractivity contribution in [2.75, 3.05) is 6.61 Å². The van der Waals surface area contributed by atoms with E-state index in [2.05, 4.69) is 10.3 Å². The normalized spacial score (nSPS) is 14.0. The number of fused-ring (bicyclic) bond motifs is 4. The number of aromatic nitrogens is 1. The number of carbonyl (C=O) groups excluding carboxylic acids is 1. The molecule has 0 bridgehead atoms. The largest absolute Gasteiger partial charge is 0.483 e. The summed E-state index contributed by atoms with van der Waals surface area (Å²) < 4.78 is 11.3. The molecule has 2 heterocycles. The van der Waals surface area contributed by atoms with E-state index in [0.717, 1.165) is 58.7 Å². The van der Waals surface area contributed by atoms with E-state index in [9.17, 15) is 19.5 Å². The molecule has 8 nitrogen and oxygen atoms in total. The maximum absolute atomic E-state index is 12.6. The number of carboxylic acid groups (broad SMARTS) is 1. The molecule has 0 fully saturated rings. The van der Waals surface area contributed by atoms with Crippen molar-refractivity contribution in [3.8, 4) is 5.75 Å². The standard InChI is InChI=1S/C27H26N2O6/c1-15-23(11-10-19-18-7-2-3-8-20(18)27(33)35-25(15)19)34-14-24(30)29-22(26(31)32)12-16-13-28-21-9-5-4-6-17(16)21/h4-6,9-11,13,22,28H,2-3,7-8,12,14H2,1H3,(H,29,30)(H,31,32). The number of aliphatic carboxylic acids is 1. The van der Waals surface area contributed by atoms with Crippen LogP contribution in [-0.4, -0.2) is 34.6 Å². The van der Waals surface area contributed by atoms with E-state index >= 15 is 0 Å². The number of amides is 1. The third-order valence-corrected chi connectivity index (χ3v) is 6.68. The molecule has 0 saturated heterocycles. The molecule has 1 unspecified atom stereocenters. The Kier molecular flexibility index (Phi) is 6.03. The van der Waals surface area contributed by atoms with Crippen LogP contribution in [0.4, 0.5) is 0 Å². The fourth-order valence-electron chi connectivity index (χ4n) is 4.88. The highest BCUT2D eigenvalue weighted by Crippen LogP contribution is 2.32. The number of aromatic amines is 1. The molecule has 1 aliphatic carbocycles. The quantitative estimate of drug-likeness (QED) is 0.352. The molecule has 0 spiro atoms. The number of para-hydroxylation sites is 1. The third-order valence-electron chi connectivity index (χ3n) is 6.68. The minimum atomic E-state index is -1.13. The van der Waals surface area contributed by atoms with Crippen molar-refractivity contribution in [2.24, 2.45) is 0 Å². The van der Waals surface area contributed by atoms with E-state index < -0.39 is 17.9 Å². The van der Waals surface area contributed by atoms with Gasteiger partial charge in [-0.05, 0) is 61.9 Å². The Morgan fingerprint density at radius 3 is 2.69 bits per heavy atom. The Morgan fingerprint density at radius 1 is 1.11 bits per heavy atom. The zero-order chi connectivity index (χ0) is 24.5. The molecular weight excluding hydrogens is 448 g/mol. The average Bonchev–Trinajstić information content (AvgIpc) is 3.26. The van der Waals surface area contributed by atoms with E-state index in [0.29, 0.717) is 16.9 Å². The molecule has 35 heavy (non-hydrogen) atoms. The van der Waals surface area contributed by atoms with Crippen LogP contribution in [0.2, 0.25) is 0 Å². The Hall–Kier alpha value is -4.07. The summed E-state index contributed by atoms with van der Waals surface area (Å²) in [5.41, 5.74) is 4.29. The lowest BCUT2D eigenvalue weighted by Crippen LogP contribution is -2.44. The molecule has 2 aromatic carbocycles. The lowest BCUT2D eigenvalue weighted by molar-refractivity contribution is -0.142. The van der Waals surface area contributed by atoms with Gasteiger partial charge >= 0.3 is 11.6 Å². The summed E-state index contributed by atoms with van der Waals surface area (Å²) in [7, 11) is 0. The van der Waals surface area contributed by atoms with Gasteiger partial charge in [-0.2, -0.15) is 0 Å². The monoisotopic (exact) mass is 474 g/mol. The highest BCUT2D eigenvalue weighted by molar-refractivity contribution is 5.88. The second-order valence-electron chi connectivity index (χ2n) is 8.93. The van der Waals surface area contributed by atoms with Gasteiger partial charge in [-0.3, -0.25) is 4.79 Å². The molecule has 1 aliphatic rings. The predicted octanol–water partition coefficient (Wildman–Crippen LogP) is 3.65. The van der Waals surface area contributed by atoms with Gasteiger partial charge in [0.05, 0.1) is 0 Å². The fraction of sp³-hybridized carbons (Fsp3) is 0.296. The number of carbonyl (C=O) groups is 2. The van der Waals surface area contributed by atoms with Gasteiger partial charge in [0.25, 0.3) is 5.91 Å². The fourth-order valence-corrected chi connectivity index (χ4v) is 4.88. The molecule has 5 rings (SSSR count). The summed E-state index contributed by atoms with van der Waals surface area (Å²) in [5, 5.41) is 14.0. The predicted molar refractivity (Wildman–Crippen MR) is 131 cm³/mol. The summed E-state index contributed by atoms with van der Waals surface area (Å²) in [4.78, 5) is 40.0. The number of hydrogen-bond donors (Lipinski definition) is 3. The van der Waals surface area contributed by atoms with Gasteiger partial charge in [-0.1, -0.05) is 18.2 Å². The van der Waals surface area contributed by atoms with Gasteiger partial charge in [0.2, 0.25) is 0 Å². The summed E-state index contributed by atoms with van der Waals surface area (Å²) in [5.74, 6) is -1.27. The minimum absolute atomic E-state index is 0.135. The minimum Gasteiger partial charge on any atom is -0.483 e. The Bertz CT molecular complexity index is 1500. The van der Waals surface area contributed by atoms with Crippen LogP contribution in [0.25, 0.3) is 21.9 Å². The zero-order valence-electron chi connectivity index (χ0n) is 19.3. The van der Waals surface area contributed by atoms with Crippen molar-refractivity contribution >= 4 is 33.7 Å². The first-order valence-electron chi connectivity index (χ1n) is 11.7. The van der Waals surface area contributed by atoms with Crippen molar-refractivity contribution in [1.82, 2.24) is 10.3 Å². The number of ether oxygens (including phenoxy) is 1. The third kappa shape index (κ3) is 4.39. The molecule has 180 valence electrons. The van der Waals surface area contributed by atoms with Crippen LogP contribution in [0.1, 0.15) is 35.1 Å². The second-order valence-corrected chi connectivity index (χ2v) is 8.93. The summed E-state index contributed by atoms with van der Waals surface area (Å²) in [6.45, 7) is 1.42. The molecule has 0 saturated carbocycles. The Balaban J connectivity index is 1.30. The molecule has 8 heteroatoms. The van der Waals surface area contributed by atoms with E-state index in [1.165, 1.54) is 0 Å². The number of benzene rings is 2. The van der Waals surface area contributed by atoms with Crippen molar-refractivity contribution in [3.63, 3.8) is 0 Å². The van der Waals surface area contributed by atoms with Crippen LogP contribution in [0.5, 0.6) is 5.75 Å². The van der Waals surface area contributed by atoms with Crippen LogP contribution in [0.3, 0.4) is 0 Å². The van der Waals surface area contributed by atoms with Crippen LogP contribution >= 0.6 is 0 Å². The number of aryl methyl sites for hydroxylation is 2. The van der Waals surface area contributed by atoms with Gasteiger partial charge in [0, 0.05) is 40.0 Å². The molecule has 2 aromatic heterocycles. The van der Waals surface area contributed by atoms with Gasteiger partial charge in [0.15, 0.2) is 6.61 Å². The lowest BCUT2D eigenvalue weighted by atomic mass is 9.90. The van der Waals surface area contributed by atoms with E-state index in [-0.39, 0.29) is 18.7 Å².